The van der Waals surface area contributed by atoms with E-state index in [9.17, 15) is 14.4 Å². The van der Waals surface area contributed by atoms with Crippen molar-refractivity contribution in [1.29, 1.82) is 0 Å². The molecule has 1 aliphatic carbocycles. The fourth-order valence-electron chi connectivity index (χ4n) is 4.65. The van der Waals surface area contributed by atoms with E-state index < -0.39 is 17.5 Å². The van der Waals surface area contributed by atoms with Gasteiger partial charge in [0, 0.05) is 0 Å². The summed E-state index contributed by atoms with van der Waals surface area (Å²) in [5, 5.41) is 5.73. The molecule has 1 fully saturated rings. The number of rotatable bonds is 4. The predicted octanol–water partition coefficient (Wildman–Crippen LogP) is 2.38. The van der Waals surface area contributed by atoms with Crippen molar-refractivity contribution in [3.63, 3.8) is 0 Å². The smallest absolute Gasteiger partial charge is 0.325 e. The Morgan fingerprint density at radius 1 is 1.19 bits per heavy atom. The lowest BCUT2D eigenvalue weighted by Crippen LogP contribution is -2.47. The minimum absolute atomic E-state index is 0.177. The third-order valence-corrected chi connectivity index (χ3v) is 6.23. The summed E-state index contributed by atoms with van der Waals surface area (Å²) in [5.74, 6) is 0.524. The number of hydrogen-bond donors (Lipinski definition) is 2. The van der Waals surface area contributed by atoms with Crippen LogP contribution in [0.3, 0.4) is 0 Å². The zero-order chi connectivity index (χ0) is 21.6. The quantitative estimate of drug-likeness (QED) is 0.739. The molecule has 2 aliphatic heterocycles. The van der Waals surface area contributed by atoms with Crippen molar-refractivity contribution in [2.75, 3.05) is 13.3 Å². The Morgan fingerprint density at radius 3 is 2.87 bits per heavy atom. The number of aryl methyl sites for hydroxylation is 1. The highest BCUT2D eigenvalue weighted by atomic mass is 16.7. The molecule has 3 aliphatic rings. The van der Waals surface area contributed by atoms with Gasteiger partial charge in [-0.2, -0.15) is 0 Å². The third-order valence-electron chi connectivity index (χ3n) is 6.23. The monoisotopic (exact) mass is 421 g/mol. The van der Waals surface area contributed by atoms with Crippen LogP contribution in [0.5, 0.6) is 11.5 Å². The van der Waals surface area contributed by atoms with Crippen molar-refractivity contribution in [2.45, 2.75) is 37.8 Å². The van der Waals surface area contributed by atoms with E-state index in [1.165, 1.54) is 0 Å². The second-order valence-corrected chi connectivity index (χ2v) is 8.14. The van der Waals surface area contributed by atoms with Crippen LogP contribution in [0.1, 0.15) is 42.5 Å². The van der Waals surface area contributed by atoms with Gasteiger partial charge in [-0.15, -0.1) is 0 Å². The molecule has 2 aromatic carbocycles. The summed E-state index contributed by atoms with van der Waals surface area (Å²) in [6, 6.07) is 12.3. The molecule has 4 amide bonds. The van der Waals surface area contributed by atoms with Gasteiger partial charge in [-0.1, -0.05) is 30.3 Å². The van der Waals surface area contributed by atoms with Crippen molar-refractivity contribution < 1.29 is 23.9 Å². The van der Waals surface area contributed by atoms with Gasteiger partial charge < -0.3 is 20.1 Å². The van der Waals surface area contributed by atoms with Crippen molar-refractivity contribution in [2.24, 2.45) is 0 Å². The van der Waals surface area contributed by atoms with E-state index >= 15 is 0 Å². The number of benzene rings is 2. The molecule has 1 spiro atoms. The second-order valence-electron chi connectivity index (χ2n) is 8.14. The van der Waals surface area contributed by atoms with Gasteiger partial charge in [0.15, 0.2) is 11.5 Å². The highest BCUT2D eigenvalue weighted by molar-refractivity contribution is 6.09. The lowest BCUT2D eigenvalue weighted by molar-refractivity contribution is -0.135. The maximum absolute atomic E-state index is 13.3. The largest absolute Gasteiger partial charge is 0.454 e. The van der Waals surface area contributed by atoms with Crippen LogP contribution < -0.4 is 20.1 Å². The minimum atomic E-state index is -1.07. The van der Waals surface area contributed by atoms with Crippen molar-refractivity contribution >= 4 is 17.8 Å². The average Bonchev–Trinajstić information content (AvgIpc) is 3.32. The fourth-order valence-corrected chi connectivity index (χ4v) is 4.65. The number of imide groups is 1. The number of nitrogens with one attached hydrogen (secondary N) is 2. The van der Waals surface area contributed by atoms with Gasteiger partial charge in [0.2, 0.25) is 12.7 Å². The normalized spacial score (nSPS) is 22.3. The summed E-state index contributed by atoms with van der Waals surface area (Å²) >= 11 is 0. The van der Waals surface area contributed by atoms with E-state index in [0.29, 0.717) is 17.9 Å². The highest BCUT2D eigenvalue weighted by Crippen LogP contribution is 2.40. The Hall–Kier alpha value is -3.55. The topological polar surface area (TPSA) is 97.0 Å². The summed E-state index contributed by atoms with van der Waals surface area (Å²) in [7, 11) is 0. The molecular weight excluding hydrogens is 398 g/mol. The molecule has 0 aromatic heterocycles. The lowest BCUT2D eigenvalue weighted by atomic mass is 9.76. The minimum Gasteiger partial charge on any atom is -0.454 e. The molecule has 8 heteroatoms. The van der Waals surface area contributed by atoms with Gasteiger partial charge in [-0.25, -0.2) is 4.79 Å². The van der Waals surface area contributed by atoms with E-state index in [4.69, 9.17) is 9.47 Å². The van der Waals surface area contributed by atoms with Gasteiger partial charge >= 0.3 is 6.03 Å². The summed E-state index contributed by atoms with van der Waals surface area (Å²) in [6.07, 6.45) is 2.19. The molecular formula is C23H23N3O5. The van der Waals surface area contributed by atoms with E-state index in [-0.39, 0.29) is 25.3 Å². The first-order valence-corrected chi connectivity index (χ1v) is 10.4. The molecule has 2 aromatic rings. The number of carbonyl (C=O) groups excluding carboxylic acids is 3. The van der Waals surface area contributed by atoms with Crippen LogP contribution in [0, 0.1) is 0 Å². The molecule has 2 heterocycles. The van der Waals surface area contributed by atoms with Crippen molar-refractivity contribution in [1.82, 2.24) is 15.5 Å². The van der Waals surface area contributed by atoms with Crippen LogP contribution in [0.2, 0.25) is 0 Å². The van der Waals surface area contributed by atoms with Crippen molar-refractivity contribution in [3.8, 4) is 11.5 Å². The summed E-state index contributed by atoms with van der Waals surface area (Å²) in [5.41, 5.74) is 1.66. The number of hydrogen-bond acceptors (Lipinski definition) is 5. The third kappa shape index (κ3) is 3.19. The first-order chi connectivity index (χ1) is 15.0. The average molecular weight is 421 g/mol. The first kappa shape index (κ1) is 19.4. The van der Waals surface area contributed by atoms with Crippen LogP contribution in [0.4, 0.5) is 4.79 Å². The molecule has 0 unspecified atom stereocenters. The Bertz CT molecular complexity index is 1080. The Labute approximate surface area is 179 Å². The molecule has 0 saturated carbocycles. The number of urea groups is 1. The van der Waals surface area contributed by atoms with Crippen LogP contribution in [0.25, 0.3) is 0 Å². The lowest BCUT2D eigenvalue weighted by Gasteiger charge is -2.33. The number of ether oxygens (including phenoxy) is 2. The van der Waals surface area contributed by atoms with E-state index in [0.717, 1.165) is 34.4 Å². The van der Waals surface area contributed by atoms with Crippen LogP contribution in [-0.2, 0) is 21.5 Å². The van der Waals surface area contributed by atoms with Crippen molar-refractivity contribution in [3.05, 3.63) is 59.2 Å². The van der Waals surface area contributed by atoms with Gasteiger partial charge in [-0.3, -0.25) is 14.5 Å². The number of nitrogens with zero attached hydrogens (tertiary/aromatic N) is 1. The molecule has 0 bridgehead atoms. The zero-order valence-electron chi connectivity index (χ0n) is 17.1. The molecule has 2 N–H and O–H groups in total. The maximum atomic E-state index is 13.3. The Morgan fingerprint density at radius 2 is 2.00 bits per heavy atom. The van der Waals surface area contributed by atoms with Gasteiger partial charge in [0.1, 0.15) is 12.1 Å². The molecule has 160 valence electrons. The van der Waals surface area contributed by atoms with Gasteiger partial charge in [-0.05, 0) is 55.0 Å². The number of carbonyl (C=O) groups is 3. The maximum Gasteiger partial charge on any atom is 0.325 e. The van der Waals surface area contributed by atoms with E-state index in [1.807, 2.05) is 43.3 Å². The summed E-state index contributed by atoms with van der Waals surface area (Å²) in [6.45, 7) is 1.68. The van der Waals surface area contributed by atoms with E-state index in [2.05, 4.69) is 10.6 Å². The highest BCUT2D eigenvalue weighted by Gasteiger charge is 2.54. The Balaban J connectivity index is 1.30. The van der Waals surface area contributed by atoms with Gasteiger partial charge in [0.05, 0.1) is 6.04 Å². The number of fused-ring (bicyclic) bond motifs is 3. The predicted molar refractivity (Wildman–Crippen MR) is 110 cm³/mol. The first-order valence-electron chi connectivity index (χ1n) is 10.4. The fraction of sp³-hybridized carbons (Fsp3) is 0.348. The second kappa shape index (κ2) is 7.30. The molecule has 5 rings (SSSR count). The molecule has 0 radical (unpaired) electrons. The SMILES string of the molecule is C[C@@H](NC(=O)CN1C(=O)N[C@@]2(CCCc3ccccc32)C1=O)c1ccc2c(c1)OCO2. The summed E-state index contributed by atoms with van der Waals surface area (Å²) < 4.78 is 10.7. The van der Waals surface area contributed by atoms with E-state index in [1.54, 1.807) is 6.07 Å². The van der Waals surface area contributed by atoms with Crippen LogP contribution in [0.15, 0.2) is 42.5 Å². The molecule has 2 atom stereocenters. The molecule has 1 saturated heterocycles. The zero-order valence-corrected chi connectivity index (χ0v) is 17.1. The molecule has 31 heavy (non-hydrogen) atoms. The molecule has 8 nitrogen and oxygen atoms in total. The Kier molecular flexibility index (Phi) is 4.57. The number of amides is 4. The van der Waals surface area contributed by atoms with Gasteiger partial charge in [0.25, 0.3) is 5.91 Å². The van der Waals surface area contributed by atoms with Crippen LogP contribution >= 0.6 is 0 Å². The summed E-state index contributed by atoms with van der Waals surface area (Å²) in [4.78, 5) is 39.7. The standard InChI is InChI=1S/C23H23N3O5/c1-14(16-8-9-18-19(11-16)31-13-30-18)24-20(27)12-26-21(28)23(25-22(26)29)10-4-6-15-5-2-3-7-17(15)23/h2-3,5,7-9,11,14H,4,6,10,12-13H2,1H3,(H,24,27)(H,25,29)/t14-,23-/m1/s1. The van der Waals surface area contributed by atoms with Crippen LogP contribution in [-0.4, -0.2) is 36.1 Å².